The Kier molecular flexibility index (Phi) is 6.97. The summed E-state index contributed by atoms with van der Waals surface area (Å²) < 4.78 is 30.0. The molecular weight excluding hydrogens is 222 g/mol. The minimum atomic E-state index is -3.30. The summed E-state index contributed by atoms with van der Waals surface area (Å²) in [5.41, 5.74) is 0.482. The van der Waals surface area contributed by atoms with Crippen molar-refractivity contribution in [2.24, 2.45) is 5.92 Å². The van der Waals surface area contributed by atoms with Crippen molar-refractivity contribution in [2.75, 3.05) is 7.11 Å². The fourth-order valence-electron chi connectivity index (χ4n) is 1.30. The third kappa shape index (κ3) is 5.78. The highest BCUT2D eigenvalue weighted by Crippen LogP contribution is 2.25. The number of halogens is 2. The topological polar surface area (TPSA) is 9.23 Å². The molecular formula is C14H22F2O. The maximum absolute atomic E-state index is 13.0. The first-order chi connectivity index (χ1) is 7.85. The van der Waals surface area contributed by atoms with Crippen molar-refractivity contribution in [3.63, 3.8) is 0 Å². The molecule has 0 amide bonds. The number of hydrogen-bond donors (Lipinski definition) is 0. The Bertz CT molecular complexity index is 293. The van der Waals surface area contributed by atoms with Crippen LogP contribution in [0.25, 0.3) is 0 Å². The molecule has 0 aromatic carbocycles. The molecule has 1 atom stereocenters. The molecule has 17 heavy (non-hydrogen) atoms. The van der Waals surface area contributed by atoms with Gasteiger partial charge >= 0.3 is 6.11 Å². The van der Waals surface area contributed by atoms with E-state index in [4.69, 9.17) is 0 Å². The van der Waals surface area contributed by atoms with Crippen LogP contribution in [0, 0.1) is 5.92 Å². The number of alkyl halides is 2. The van der Waals surface area contributed by atoms with E-state index >= 15 is 0 Å². The van der Waals surface area contributed by atoms with Crippen LogP contribution in [-0.2, 0) is 4.74 Å². The van der Waals surface area contributed by atoms with Gasteiger partial charge in [0.05, 0.1) is 0 Å². The Morgan fingerprint density at radius 2 is 1.94 bits per heavy atom. The quantitative estimate of drug-likeness (QED) is 0.561. The van der Waals surface area contributed by atoms with Gasteiger partial charge in [0.15, 0.2) is 0 Å². The van der Waals surface area contributed by atoms with Crippen LogP contribution in [0.4, 0.5) is 8.78 Å². The summed E-state index contributed by atoms with van der Waals surface area (Å²) in [7, 11) is 0.956. The molecule has 0 radical (unpaired) electrons. The third-order valence-corrected chi connectivity index (χ3v) is 2.75. The molecule has 0 rings (SSSR count). The summed E-state index contributed by atoms with van der Waals surface area (Å²) >= 11 is 0. The average molecular weight is 244 g/mol. The highest BCUT2D eigenvalue weighted by molar-refractivity contribution is 5.28. The van der Waals surface area contributed by atoms with Gasteiger partial charge in [-0.15, -0.1) is 0 Å². The summed E-state index contributed by atoms with van der Waals surface area (Å²) in [6, 6.07) is 0. The molecule has 0 unspecified atom stereocenters. The summed E-state index contributed by atoms with van der Waals surface area (Å²) in [4.78, 5) is 0. The van der Waals surface area contributed by atoms with Crippen LogP contribution >= 0.6 is 0 Å². The summed E-state index contributed by atoms with van der Waals surface area (Å²) in [5.74, 6) is 0.301. The zero-order valence-electron chi connectivity index (χ0n) is 10.9. The van der Waals surface area contributed by atoms with Crippen LogP contribution in [-0.4, -0.2) is 13.2 Å². The Morgan fingerprint density at radius 3 is 2.41 bits per heavy atom. The van der Waals surface area contributed by atoms with E-state index in [0.29, 0.717) is 5.92 Å². The van der Waals surface area contributed by atoms with E-state index in [2.05, 4.69) is 24.8 Å². The molecule has 0 aromatic rings. The smallest absolute Gasteiger partial charge is 0.320 e. The van der Waals surface area contributed by atoms with Gasteiger partial charge in [-0.1, -0.05) is 57.6 Å². The maximum Gasteiger partial charge on any atom is 0.382 e. The number of ether oxygens (including phenoxy) is 1. The van der Waals surface area contributed by atoms with E-state index in [1.807, 2.05) is 6.92 Å². The number of unbranched alkanes of at least 4 members (excludes halogenated alkanes) is 1. The highest BCUT2D eigenvalue weighted by atomic mass is 19.3. The van der Waals surface area contributed by atoms with E-state index in [0.717, 1.165) is 31.9 Å². The van der Waals surface area contributed by atoms with Gasteiger partial charge in [-0.3, -0.25) is 0 Å². The second kappa shape index (κ2) is 7.38. The molecule has 1 nitrogen and oxygen atoms in total. The Labute approximate surface area is 103 Å². The SMILES string of the molecule is C=C(/C=C\C(=C)C(F)(F)OC)[C@H](C)CCCC. The first kappa shape index (κ1) is 16.0. The molecule has 0 N–H and O–H groups in total. The van der Waals surface area contributed by atoms with Gasteiger partial charge in [0.1, 0.15) is 0 Å². The monoisotopic (exact) mass is 244 g/mol. The van der Waals surface area contributed by atoms with Gasteiger partial charge < -0.3 is 4.74 Å². The lowest BCUT2D eigenvalue weighted by atomic mass is 9.96. The molecule has 0 aliphatic heterocycles. The van der Waals surface area contributed by atoms with E-state index in [1.165, 1.54) is 6.08 Å². The molecule has 0 bridgehead atoms. The Hall–Kier alpha value is -0.960. The first-order valence-electron chi connectivity index (χ1n) is 5.84. The van der Waals surface area contributed by atoms with Crippen LogP contribution in [0.2, 0.25) is 0 Å². The van der Waals surface area contributed by atoms with E-state index in [9.17, 15) is 8.78 Å². The van der Waals surface area contributed by atoms with Crippen molar-refractivity contribution in [1.29, 1.82) is 0 Å². The van der Waals surface area contributed by atoms with Gasteiger partial charge in [-0.05, 0) is 12.3 Å². The normalized spacial score (nSPS) is 13.9. The van der Waals surface area contributed by atoms with E-state index in [1.54, 1.807) is 6.08 Å². The standard InChI is InChI=1S/C14H22F2O/c1-6-7-8-11(2)12(3)9-10-13(4)14(15,16)17-5/h9-11H,3-4,6-8H2,1-2,5H3/b10-9-/t11-/m1/s1. The fourth-order valence-corrected chi connectivity index (χ4v) is 1.30. The summed E-state index contributed by atoms with van der Waals surface area (Å²) in [6.45, 7) is 11.3. The Morgan fingerprint density at radius 1 is 1.35 bits per heavy atom. The molecule has 0 heterocycles. The zero-order valence-corrected chi connectivity index (χ0v) is 10.9. The van der Waals surface area contributed by atoms with Crippen LogP contribution in [0.3, 0.4) is 0 Å². The predicted octanol–water partition coefficient (Wildman–Crippen LogP) is 4.72. The molecule has 0 spiro atoms. The van der Waals surface area contributed by atoms with Gasteiger partial charge in [0.2, 0.25) is 0 Å². The van der Waals surface area contributed by atoms with Crippen LogP contribution < -0.4 is 0 Å². The van der Waals surface area contributed by atoms with E-state index in [-0.39, 0.29) is 5.57 Å². The van der Waals surface area contributed by atoms with Gasteiger partial charge in [-0.25, -0.2) is 0 Å². The van der Waals surface area contributed by atoms with Crippen molar-refractivity contribution < 1.29 is 13.5 Å². The second-order valence-electron chi connectivity index (χ2n) is 4.20. The van der Waals surface area contributed by atoms with Crippen molar-refractivity contribution in [1.82, 2.24) is 0 Å². The van der Waals surface area contributed by atoms with Crippen LogP contribution in [0.15, 0.2) is 36.5 Å². The molecule has 0 aliphatic rings. The average Bonchev–Trinajstić information content (AvgIpc) is 2.32. The number of hydrogen-bond acceptors (Lipinski definition) is 1. The lowest BCUT2D eigenvalue weighted by Gasteiger charge is -2.14. The maximum atomic E-state index is 13.0. The van der Waals surface area contributed by atoms with Gasteiger partial charge in [0, 0.05) is 12.7 Å². The zero-order chi connectivity index (χ0) is 13.5. The number of allylic oxidation sites excluding steroid dienone is 2. The largest absolute Gasteiger partial charge is 0.382 e. The van der Waals surface area contributed by atoms with Crippen molar-refractivity contribution in [3.8, 4) is 0 Å². The molecule has 0 aliphatic carbocycles. The molecule has 3 heteroatoms. The molecule has 0 saturated carbocycles. The number of methoxy groups -OCH3 is 1. The lowest BCUT2D eigenvalue weighted by molar-refractivity contribution is -0.187. The first-order valence-corrected chi connectivity index (χ1v) is 5.84. The van der Waals surface area contributed by atoms with Crippen LogP contribution in [0.1, 0.15) is 33.1 Å². The van der Waals surface area contributed by atoms with Crippen molar-refractivity contribution in [2.45, 2.75) is 39.2 Å². The van der Waals surface area contributed by atoms with Crippen LogP contribution in [0.5, 0.6) is 0 Å². The van der Waals surface area contributed by atoms with Crippen molar-refractivity contribution >= 4 is 0 Å². The second-order valence-corrected chi connectivity index (χ2v) is 4.20. The highest BCUT2D eigenvalue weighted by Gasteiger charge is 2.30. The molecule has 98 valence electrons. The Balaban J connectivity index is 4.33. The fraction of sp³-hybridized carbons (Fsp3) is 0.571. The lowest BCUT2D eigenvalue weighted by Crippen LogP contribution is -2.19. The van der Waals surface area contributed by atoms with Gasteiger partial charge in [-0.2, -0.15) is 8.78 Å². The van der Waals surface area contributed by atoms with E-state index < -0.39 is 6.11 Å². The molecule has 0 aromatic heterocycles. The summed E-state index contributed by atoms with van der Waals surface area (Å²) in [6.07, 6.45) is 2.82. The predicted molar refractivity (Wildman–Crippen MR) is 68.1 cm³/mol. The molecule has 0 saturated heterocycles. The third-order valence-electron chi connectivity index (χ3n) is 2.75. The minimum Gasteiger partial charge on any atom is -0.320 e. The number of rotatable bonds is 8. The van der Waals surface area contributed by atoms with Crippen molar-refractivity contribution in [3.05, 3.63) is 36.5 Å². The summed E-state index contributed by atoms with van der Waals surface area (Å²) in [5, 5.41) is 0. The molecule has 0 fully saturated rings. The van der Waals surface area contributed by atoms with Gasteiger partial charge in [0.25, 0.3) is 0 Å². The minimum absolute atomic E-state index is 0.301.